The highest BCUT2D eigenvalue weighted by molar-refractivity contribution is 9.10. The molecule has 0 saturated heterocycles. The van der Waals surface area contributed by atoms with E-state index in [4.69, 9.17) is 0 Å². The largest absolute Gasteiger partial charge is 0.378 e. The van der Waals surface area contributed by atoms with Gasteiger partial charge in [0.15, 0.2) is 0 Å². The van der Waals surface area contributed by atoms with Gasteiger partial charge in [-0.1, -0.05) is 6.07 Å². The van der Waals surface area contributed by atoms with Gasteiger partial charge in [0.2, 0.25) is 0 Å². The minimum atomic E-state index is -0.236. The molecule has 0 saturated carbocycles. The maximum absolute atomic E-state index is 13.4. The summed E-state index contributed by atoms with van der Waals surface area (Å²) in [4.78, 5) is 0. The summed E-state index contributed by atoms with van der Waals surface area (Å²) in [5, 5.41) is 7.12. The summed E-state index contributed by atoms with van der Waals surface area (Å²) in [5.74, 6) is -0.236. The van der Waals surface area contributed by atoms with E-state index >= 15 is 0 Å². The molecule has 1 aromatic heterocycles. The average Bonchev–Trinajstić information content (AvgIpc) is 2.70. The van der Waals surface area contributed by atoms with Gasteiger partial charge < -0.3 is 5.32 Å². The van der Waals surface area contributed by atoms with Gasteiger partial charge in [0, 0.05) is 11.0 Å². The van der Waals surface area contributed by atoms with Gasteiger partial charge >= 0.3 is 0 Å². The van der Waals surface area contributed by atoms with Crippen molar-refractivity contribution < 1.29 is 4.39 Å². The fourth-order valence-electron chi connectivity index (χ4n) is 1.25. The second-order valence-corrected chi connectivity index (χ2v) is 4.72. The third kappa shape index (κ3) is 2.58. The predicted octanol–water partition coefficient (Wildman–Crippen LogP) is 4.26. The van der Waals surface area contributed by atoms with E-state index in [9.17, 15) is 4.39 Å². The van der Waals surface area contributed by atoms with Crippen molar-refractivity contribution in [3.8, 4) is 0 Å². The van der Waals surface area contributed by atoms with Crippen molar-refractivity contribution in [2.45, 2.75) is 6.54 Å². The summed E-state index contributed by atoms with van der Waals surface area (Å²) in [5.41, 5.74) is 1.68. The van der Waals surface area contributed by atoms with Crippen LogP contribution in [0, 0.1) is 5.82 Å². The summed E-state index contributed by atoms with van der Waals surface area (Å²) in [6.07, 6.45) is 0. The van der Waals surface area contributed by atoms with Gasteiger partial charge in [0.25, 0.3) is 0 Å². The number of para-hydroxylation sites is 1. The van der Waals surface area contributed by atoms with E-state index in [1.165, 1.54) is 6.07 Å². The van der Waals surface area contributed by atoms with Crippen molar-refractivity contribution in [2.24, 2.45) is 0 Å². The zero-order valence-electron chi connectivity index (χ0n) is 7.84. The Morgan fingerprint density at radius 2 is 2.20 bits per heavy atom. The van der Waals surface area contributed by atoms with Gasteiger partial charge in [-0.25, -0.2) is 4.39 Å². The molecule has 0 aliphatic heterocycles. The summed E-state index contributed by atoms with van der Waals surface area (Å²) in [6.45, 7) is 0.642. The lowest BCUT2D eigenvalue weighted by molar-refractivity contribution is 0.629. The number of halogens is 2. The summed E-state index contributed by atoms with van der Waals surface area (Å²) >= 11 is 4.95. The average molecular weight is 286 g/mol. The Morgan fingerprint density at radius 3 is 2.87 bits per heavy atom. The minimum Gasteiger partial charge on any atom is -0.378 e. The Kier molecular flexibility index (Phi) is 3.38. The van der Waals surface area contributed by atoms with E-state index < -0.39 is 0 Å². The maximum atomic E-state index is 13.4. The monoisotopic (exact) mass is 285 g/mol. The van der Waals surface area contributed by atoms with Gasteiger partial charge in [0.05, 0.1) is 5.69 Å². The Morgan fingerprint density at radius 1 is 1.33 bits per heavy atom. The summed E-state index contributed by atoms with van der Waals surface area (Å²) in [6, 6.07) is 6.96. The quantitative estimate of drug-likeness (QED) is 0.888. The fraction of sp³-hybridized carbons (Fsp3) is 0.0909. The highest BCUT2D eigenvalue weighted by Gasteiger charge is 2.05. The van der Waals surface area contributed by atoms with Crippen LogP contribution in [0.25, 0.3) is 0 Å². The van der Waals surface area contributed by atoms with Gasteiger partial charge in [-0.05, 0) is 50.5 Å². The molecule has 0 atom stereocenters. The lowest BCUT2D eigenvalue weighted by Crippen LogP contribution is -2.01. The Hall–Kier alpha value is -0.870. The molecule has 0 fully saturated rings. The fourth-order valence-corrected chi connectivity index (χ4v) is 2.40. The molecular formula is C11H9BrFNS. The number of rotatable bonds is 3. The van der Waals surface area contributed by atoms with Crippen molar-refractivity contribution >= 4 is 33.0 Å². The molecule has 0 bridgehead atoms. The van der Waals surface area contributed by atoms with E-state index in [1.54, 1.807) is 17.4 Å². The molecule has 78 valence electrons. The standard InChI is InChI=1S/C11H9BrFNS/c12-9-2-1-3-10(13)11(9)14-6-8-4-5-15-7-8/h1-5,7,14H,6H2. The number of hydrogen-bond donors (Lipinski definition) is 1. The molecule has 0 amide bonds. The summed E-state index contributed by atoms with van der Waals surface area (Å²) < 4.78 is 14.1. The second-order valence-electron chi connectivity index (χ2n) is 3.08. The topological polar surface area (TPSA) is 12.0 Å². The molecule has 1 heterocycles. The number of hydrogen-bond acceptors (Lipinski definition) is 2. The zero-order chi connectivity index (χ0) is 10.7. The van der Waals surface area contributed by atoms with Crippen molar-refractivity contribution in [1.29, 1.82) is 0 Å². The molecule has 0 radical (unpaired) electrons. The van der Waals surface area contributed by atoms with Crippen molar-refractivity contribution in [3.63, 3.8) is 0 Å². The first-order chi connectivity index (χ1) is 7.27. The van der Waals surface area contributed by atoms with Gasteiger partial charge in [-0.2, -0.15) is 11.3 Å². The van der Waals surface area contributed by atoms with Crippen LogP contribution < -0.4 is 5.32 Å². The van der Waals surface area contributed by atoms with Crippen LogP contribution in [0.4, 0.5) is 10.1 Å². The number of nitrogens with one attached hydrogen (secondary N) is 1. The van der Waals surface area contributed by atoms with Crippen LogP contribution in [-0.4, -0.2) is 0 Å². The van der Waals surface area contributed by atoms with Gasteiger partial charge in [0.1, 0.15) is 5.82 Å². The van der Waals surface area contributed by atoms with E-state index in [0.717, 1.165) is 10.0 Å². The number of benzene rings is 1. The molecule has 2 aromatic rings. The second kappa shape index (κ2) is 4.77. The first kappa shape index (κ1) is 10.6. The Labute approximate surface area is 100 Å². The number of anilines is 1. The molecule has 4 heteroatoms. The van der Waals surface area contributed by atoms with Crippen LogP contribution in [0.15, 0.2) is 39.5 Å². The van der Waals surface area contributed by atoms with Crippen LogP contribution in [0.1, 0.15) is 5.56 Å². The van der Waals surface area contributed by atoms with Crippen LogP contribution in [0.2, 0.25) is 0 Å². The van der Waals surface area contributed by atoms with Crippen LogP contribution in [0.5, 0.6) is 0 Å². The first-order valence-electron chi connectivity index (χ1n) is 4.46. The highest BCUT2D eigenvalue weighted by Crippen LogP contribution is 2.25. The number of thiophene rings is 1. The van der Waals surface area contributed by atoms with E-state index in [2.05, 4.69) is 21.2 Å². The highest BCUT2D eigenvalue weighted by atomic mass is 79.9. The molecule has 1 nitrogen and oxygen atoms in total. The lowest BCUT2D eigenvalue weighted by Gasteiger charge is -2.08. The van der Waals surface area contributed by atoms with Crippen LogP contribution in [-0.2, 0) is 6.54 Å². The third-order valence-electron chi connectivity index (χ3n) is 2.01. The van der Waals surface area contributed by atoms with E-state index in [1.807, 2.05) is 22.9 Å². The van der Waals surface area contributed by atoms with Crippen molar-refractivity contribution in [3.05, 3.63) is 50.9 Å². The molecule has 0 unspecified atom stereocenters. The van der Waals surface area contributed by atoms with Gasteiger partial charge in [-0.3, -0.25) is 0 Å². The minimum absolute atomic E-state index is 0.236. The van der Waals surface area contributed by atoms with Crippen LogP contribution >= 0.6 is 27.3 Å². The lowest BCUT2D eigenvalue weighted by atomic mass is 10.3. The first-order valence-corrected chi connectivity index (χ1v) is 6.20. The van der Waals surface area contributed by atoms with Gasteiger partial charge in [-0.15, -0.1) is 0 Å². The molecule has 0 aliphatic carbocycles. The molecule has 2 rings (SSSR count). The normalized spacial score (nSPS) is 10.3. The summed E-state index contributed by atoms with van der Waals surface area (Å²) in [7, 11) is 0. The van der Waals surface area contributed by atoms with E-state index in [0.29, 0.717) is 12.2 Å². The smallest absolute Gasteiger partial charge is 0.147 e. The molecule has 1 aromatic carbocycles. The zero-order valence-corrected chi connectivity index (χ0v) is 10.2. The maximum Gasteiger partial charge on any atom is 0.147 e. The Balaban J connectivity index is 2.11. The molecular weight excluding hydrogens is 277 g/mol. The third-order valence-corrected chi connectivity index (χ3v) is 3.41. The predicted molar refractivity (Wildman–Crippen MR) is 65.7 cm³/mol. The van der Waals surface area contributed by atoms with Crippen LogP contribution in [0.3, 0.4) is 0 Å². The molecule has 15 heavy (non-hydrogen) atoms. The van der Waals surface area contributed by atoms with Crippen molar-refractivity contribution in [1.82, 2.24) is 0 Å². The molecule has 0 aliphatic rings. The van der Waals surface area contributed by atoms with E-state index in [-0.39, 0.29) is 5.82 Å². The Bertz CT molecular complexity index is 422. The molecule has 1 N–H and O–H groups in total. The SMILES string of the molecule is Fc1cccc(Br)c1NCc1ccsc1. The molecule has 0 spiro atoms. The van der Waals surface area contributed by atoms with Crippen molar-refractivity contribution in [2.75, 3.05) is 5.32 Å².